The van der Waals surface area contributed by atoms with E-state index in [4.69, 9.17) is 17.3 Å². The monoisotopic (exact) mass is 297 g/mol. The molecule has 1 heterocycles. The quantitative estimate of drug-likeness (QED) is 0.799. The maximum Gasteiger partial charge on any atom is 0.130 e. The number of nitrogens with zero attached hydrogens (tertiary/aromatic N) is 2. The van der Waals surface area contributed by atoms with Gasteiger partial charge in [0.1, 0.15) is 5.82 Å². The van der Waals surface area contributed by atoms with Crippen molar-refractivity contribution in [1.29, 1.82) is 0 Å². The summed E-state index contributed by atoms with van der Waals surface area (Å²) in [5.74, 6) is 0.834. The molecule has 0 bridgehead atoms. The van der Waals surface area contributed by atoms with E-state index in [0.29, 0.717) is 5.02 Å². The fourth-order valence-electron chi connectivity index (χ4n) is 2.36. The molecule has 0 saturated heterocycles. The van der Waals surface area contributed by atoms with Crippen LogP contribution in [0.1, 0.15) is 23.0 Å². The van der Waals surface area contributed by atoms with Gasteiger partial charge < -0.3 is 10.3 Å². The van der Waals surface area contributed by atoms with E-state index in [1.165, 1.54) is 5.56 Å². The molecule has 21 heavy (non-hydrogen) atoms. The fourth-order valence-corrected chi connectivity index (χ4v) is 2.56. The van der Waals surface area contributed by atoms with Crippen LogP contribution in [0.5, 0.6) is 0 Å². The van der Waals surface area contributed by atoms with E-state index in [0.717, 1.165) is 17.9 Å². The average molecular weight is 298 g/mol. The first-order valence-electron chi connectivity index (χ1n) is 6.80. The average Bonchev–Trinajstić information content (AvgIpc) is 2.95. The molecule has 0 amide bonds. The topological polar surface area (TPSA) is 43.8 Å². The van der Waals surface area contributed by atoms with Crippen LogP contribution in [-0.2, 0) is 6.54 Å². The second-order valence-corrected chi connectivity index (χ2v) is 5.37. The van der Waals surface area contributed by atoms with Gasteiger partial charge in [0, 0.05) is 24.0 Å². The third-order valence-corrected chi connectivity index (χ3v) is 3.66. The first kappa shape index (κ1) is 13.9. The smallest absolute Gasteiger partial charge is 0.130 e. The van der Waals surface area contributed by atoms with Crippen molar-refractivity contribution >= 4 is 11.6 Å². The fraction of sp³-hybridized carbons (Fsp3) is 0.118. The predicted molar refractivity (Wildman–Crippen MR) is 85.3 cm³/mol. The van der Waals surface area contributed by atoms with Gasteiger partial charge in [-0.2, -0.15) is 0 Å². The van der Waals surface area contributed by atoms with E-state index in [1.807, 2.05) is 48.7 Å². The molecule has 0 fully saturated rings. The summed E-state index contributed by atoms with van der Waals surface area (Å²) in [5, 5.41) is 0.684. The van der Waals surface area contributed by atoms with Crippen LogP contribution in [0.3, 0.4) is 0 Å². The first-order chi connectivity index (χ1) is 10.2. The molecular formula is C17H16ClN3. The van der Waals surface area contributed by atoms with E-state index < -0.39 is 0 Å². The number of aromatic nitrogens is 2. The number of halogens is 1. The van der Waals surface area contributed by atoms with Gasteiger partial charge in [0.15, 0.2) is 0 Å². The molecule has 2 N–H and O–H groups in total. The van der Waals surface area contributed by atoms with Gasteiger partial charge in [0.25, 0.3) is 0 Å². The van der Waals surface area contributed by atoms with Gasteiger partial charge in [-0.3, -0.25) is 0 Å². The van der Waals surface area contributed by atoms with Crippen molar-refractivity contribution < 1.29 is 0 Å². The highest BCUT2D eigenvalue weighted by Gasteiger charge is 2.15. The highest BCUT2D eigenvalue weighted by atomic mass is 35.5. The summed E-state index contributed by atoms with van der Waals surface area (Å²) >= 11 is 6.04. The molecule has 0 aliphatic rings. The lowest BCUT2D eigenvalue weighted by Gasteiger charge is -2.15. The Hall–Kier alpha value is -2.10. The molecule has 0 saturated carbocycles. The SMILES string of the molecule is NC(c1cccc(Cl)c1)c1nccn1Cc1ccccc1. The van der Waals surface area contributed by atoms with Gasteiger partial charge >= 0.3 is 0 Å². The Bertz CT molecular complexity index is 722. The van der Waals surface area contributed by atoms with Crippen LogP contribution >= 0.6 is 11.6 Å². The Kier molecular flexibility index (Phi) is 4.04. The van der Waals surface area contributed by atoms with Crippen LogP contribution in [-0.4, -0.2) is 9.55 Å². The lowest BCUT2D eigenvalue weighted by atomic mass is 10.1. The van der Waals surface area contributed by atoms with Gasteiger partial charge in [0.2, 0.25) is 0 Å². The van der Waals surface area contributed by atoms with E-state index in [1.54, 1.807) is 6.20 Å². The maximum atomic E-state index is 6.34. The zero-order valence-electron chi connectivity index (χ0n) is 11.5. The van der Waals surface area contributed by atoms with Crippen molar-refractivity contribution in [2.75, 3.05) is 0 Å². The lowest BCUT2D eigenvalue weighted by molar-refractivity contribution is 0.674. The van der Waals surface area contributed by atoms with Crippen molar-refractivity contribution in [1.82, 2.24) is 9.55 Å². The Morgan fingerprint density at radius 2 is 1.90 bits per heavy atom. The molecule has 3 nitrogen and oxygen atoms in total. The Labute approximate surface area is 129 Å². The number of benzene rings is 2. The Morgan fingerprint density at radius 3 is 2.67 bits per heavy atom. The van der Waals surface area contributed by atoms with Crippen LogP contribution in [0.15, 0.2) is 67.0 Å². The molecule has 1 unspecified atom stereocenters. The number of rotatable bonds is 4. The van der Waals surface area contributed by atoms with Crippen LogP contribution < -0.4 is 5.73 Å². The summed E-state index contributed by atoms with van der Waals surface area (Å²) in [6.45, 7) is 0.754. The molecule has 4 heteroatoms. The Balaban J connectivity index is 1.88. The first-order valence-corrected chi connectivity index (χ1v) is 7.18. The molecule has 106 valence electrons. The predicted octanol–water partition coefficient (Wildman–Crippen LogP) is 3.63. The normalized spacial score (nSPS) is 12.3. The summed E-state index contributed by atoms with van der Waals surface area (Å²) in [6.07, 6.45) is 3.73. The molecule has 3 aromatic rings. The standard InChI is InChI=1S/C17H16ClN3/c18-15-8-4-7-14(11-15)16(19)17-20-9-10-21(17)12-13-5-2-1-3-6-13/h1-11,16H,12,19H2. The third kappa shape index (κ3) is 3.15. The third-order valence-electron chi connectivity index (χ3n) is 3.43. The minimum Gasteiger partial charge on any atom is -0.329 e. The molecule has 0 radical (unpaired) electrons. The largest absolute Gasteiger partial charge is 0.329 e. The molecule has 0 aliphatic carbocycles. The second kappa shape index (κ2) is 6.12. The lowest BCUT2D eigenvalue weighted by Crippen LogP contribution is -2.18. The van der Waals surface area contributed by atoms with Crippen molar-refractivity contribution in [3.8, 4) is 0 Å². The highest BCUT2D eigenvalue weighted by Crippen LogP contribution is 2.21. The van der Waals surface area contributed by atoms with Gasteiger partial charge in [-0.15, -0.1) is 0 Å². The zero-order chi connectivity index (χ0) is 14.7. The molecule has 0 spiro atoms. The molecule has 1 atom stereocenters. The minimum absolute atomic E-state index is 0.289. The van der Waals surface area contributed by atoms with Gasteiger partial charge in [-0.05, 0) is 23.3 Å². The van der Waals surface area contributed by atoms with Crippen molar-refractivity contribution in [3.05, 3.63) is 89.0 Å². The summed E-state index contributed by atoms with van der Waals surface area (Å²) < 4.78 is 2.07. The van der Waals surface area contributed by atoms with E-state index in [-0.39, 0.29) is 6.04 Å². The molecule has 0 aliphatic heterocycles. The van der Waals surface area contributed by atoms with Crippen molar-refractivity contribution in [2.45, 2.75) is 12.6 Å². The van der Waals surface area contributed by atoms with Gasteiger partial charge in [-0.25, -0.2) is 4.98 Å². The summed E-state index contributed by atoms with van der Waals surface area (Å²) in [4.78, 5) is 4.41. The molecule has 3 rings (SSSR count). The highest BCUT2D eigenvalue weighted by molar-refractivity contribution is 6.30. The van der Waals surface area contributed by atoms with E-state index in [9.17, 15) is 0 Å². The van der Waals surface area contributed by atoms with Crippen LogP contribution in [0.4, 0.5) is 0 Å². The number of imidazole rings is 1. The molecule has 2 aromatic carbocycles. The van der Waals surface area contributed by atoms with Crippen LogP contribution in [0, 0.1) is 0 Å². The Morgan fingerprint density at radius 1 is 1.10 bits per heavy atom. The molecule has 1 aromatic heterocycles. The minimum atomic E-state index is -0.289. The van der Waals surface area contributed by atoms with Crippen molar-refractivity contribution in [2.24, 2.45) is 5.73 Å². The van der Waals surface area contributed by atoms with Gasteiger partial charge in [0.05, 0.1) is 6.04 Å². The zero-order valence-corrected chi connectivity index (χ0v) is 12.2. The summed E-state index contributed by atoms with van der Waals surface area (Å²) in [6, 6.07) is 17.6. The number of hydrogen-bond donors (Lipinski definition) is 1. The van der Waals surface area contributed by atoms with Gasteiger partial charge in [-0.1, -0.05) is 54.1 Å². The number of nitrogens with two attached hydrogens (primary N) is 1. The molecular weight excluding hydrogens is 282 g/mol. The van der Waals surface area contributed by atoms with E-state index in [2.05, 4.69) is 21.7 Å². The van der Waals surface area contributed by atoms with Crippen LogP contribution in [0.25, 0.3) is 0 Å². The number of hydrogen-bond acceptors (Lipinski definition) is 2. The summed E-state index contributed by atoms with van der Waals surface area (Å²) in [5.41, 5.74) is 8.52. The van der Waals surface area contributed by atoms with Crippen LogP contribution in [0.2, 0.25) is 5.02 Å². The van der Waals surface area contributed by atoms with E-state index >= 15 is 0 Å². The second-order valence-electron chi connectivity index (χ2n) is 4.93. The summed E-state index contributed by atoms with van der Waals surface area (Å²) in [7, 11) is 0. The van der Waals surface area contributed by atoms with Crippen molar-refractivity contribution in [3.63, 3.8) is 0 Å². The maximum absolute atomic E-state index is 6.34.